The van der Waals surface area contributed by atoms with Crippen LogP contribution in [-0.2, 0) is 11.3 Å². The van der Waals surface area contributed by atoms with E-state index in [-0.39, 0.29) is 17.7 Å². The molecule has 0 spiro atoms. The van der Waals surface area contributed by atoms with Gasteiger partial charge in [0.1, 0.15) is 11.9 Å². The van der Waals surface area contributed by atoms with E-state index in [9.17, 15) is 18.8 Å². The van der Waals surface area contributed by atoms with Gasteiger partial charge in [0.05, 0.1) is 11.1 Å². The van der Waals surface area contributed by atoms with E-state index in [1.807, 2.05) is 0 Å². The van der Waals surface area contributed by atoms with Gasteiger partial charge in [-0.1, -0.05) is 31.9 Å². The normalized spacial score (nSPS) is 14.3. The van der Waals surface area contributed by atoms with Gasteiger partial charge >= 0.3 is 0 Å². The van der Waals surface area contributed by atoms with Crippen LogP contribution in [0.5, 0.6) is 0 Å². The SMILES string of the molecule is CC(C(=O)N(C)Cc1cc(Br)ccc1F)N1C(=O)c2ccc(Br)cc2C1=O. The highest BCUT2D eigenvalue weighted by molar-refractivity contribution is 9.10. The molecule has 1 aliphatic rings. The Bertz CT molecular complexity index is 964. The number of hydrogen-bond acceptors (Lipinski definition) is 3. The lowest BCUT2D eigenvalue weighted by atomic mass is 10.1. The standard InChI is InChI=1S/C19H15Br2FN2O3/c1-10(17(25)23(2)9-11-7-12(20)4-6-16(11)22)24-18(26)14-5-3-13(21)8-15(14)19(24)27/h3-8,10H,9H2,1-2H3. The maximum absolute atomic E-state index is 14.0. The van der Waals surface area contributed by atoms with Crippen LogP contribution in [0.25, 0.3) is 0 Å². The molecule has 2 aromatic carbocycles. The van der Waals surface area contributed by atoms with Crippen molar-refractivity contribution in [2.24, 2.45) is 0 Å². The lowest BCUT2D eigenvalue weighted by Crippen LogP contribution is -2.48. The fourth-order valence-electron chi connectivity index (χ4n) is 3.01. The number of rotatable bonds is 4. The quantitative estimate of drug-likeness (QED) is 0.600. The molecule has 5 nitrogen and oxygen atoms in total. The van der Waals surface area contributed by atoms with E-state index in [0.29, 0.717) is 14.5 Å². The molecule has 0 aromatic heterocycles. The maximum atomic E-state index is 14.0. The fourth-order valence-corrected chi connectivity index (χ4v) is 3.78. The molecule has 1 heterocycles. The molecule has 140 valence electrons. The second kappa shape index (κ2) is 7.52. The van der Waals surface area contributed by atoms with Gasteiger partial charge in [0, 0.05) is 28.1 Å². The zero-order valence-corrected chi connectivity index (χ0v) is 17.7. The third-order valence-electron chi connectivity index (χ3n) is 4.42. The molecule has 1 unspecified atom stereocenters. The van der Waals surface area contributed by atoms with Crippen LogP contribution in [0.15, 0.2) is 45.3 Å². The fraction of sp³-hybridized carbons (Fsp3) is 0.211. The number of benzene rings is 2. The van der Waals surface area contributed by atoms with E-state index < -0.39 is 29.6 Å². The third kappa shape index (κ3) is 3.68. The van der Waals surface area contributed by atoms with E-state index in [1.165, 1.54) is 24.9 Å². The monoisotopic (exact) mass is 496 g/mol. The van der Waals surface area contributed by atoms with Gasteiger partial charge in [-0.25, -0.2) is 4.39 Å². The van der Waals surface area contributed by atoms with Crippen molar-refractivity contribution in [1.29, 1.82) is 0 Å². The van der Waals surface area contributed by atoms with Gasteiger partial charge in [0.25, 0.3) is 11.8 Å². The van der Waals surface area contributed by atoms with Gasteiger partial charge in [-0.05, 0) is 43.3 Å². The number of amides is 3. The van der Waals surface area contributed by atoms with Gasteiger partial charge < -0.3 is 4.90 Å². The van der Waals surface area contributed by atoms with Crippen LogP contribution < -0.4 is 0 Å². The van der Waals surface area contributed by atoms with E-state index in [4.69, 9.17) is 0 Å². The molecule has 8 heteroatoms. The van der Waals surface area contributed by atoms with Crippen LogP contribution in [0, 0.1) is 5.82 Å². The molecule has 0 radical (unpaired) electrons. The zero-order valence-electron chi connectivity index (χ0n) is 14.5. The molecule has 1 aliphatic heterocycles. The van der Waals surface area contributed by atoms with Gasteiger partial charge in [0.2, 0.25) is 5.91 Å². The van der Waals surface area contributed by atoms with Crippen LogP contribution in [-0.4, -0.2) is 40.6 Å². The first-order valence-corrected chi connectivity index (χ1v) is 9.65. The third-order valence-corrected chi connectivity index (χ3v) is 5.40. The summed E-state index contributed by atoms with van der Waals surface area (Å²) in [4.78, 5) is 40.3. The molecule has 3 rings (SSSR count). The van der Waals surface area contributed by atoms with Crippen LogP contribution in [0.1, 0.15) is 33.2 Å². The van der Waals surface area contributed by atoms with E-state index in [2.05, 4.69) is 31.9 Å². The minimum atomic E-state index is -1.00. The molecule has 0 saturated carbocycles. The molecule has 3 amide bonds. The topological polar surface area (TPSA) is 57.7 Å². The summed E-state index contributed by atoms with van der Waals surface area (Å²) in [6.07, 6.45) is 0. The van der Waals surface area contributed by atoms with Crippen molar-refractivity contribution in [3.63, 3.8) is 0 Å². The van der Waals surface area contributed by atoms with Crippen LogP contribution in [0.3, 0.4) is 0 Å². The maximum Gasteiger partial charge on any atom is 0.262 e. The Morgan fingerprint density at radius 1 is 1.07 bits per heavy atom. The van der Waals surface area contributed by atoms with E-state index in [1.54, 1.807) is 30.3 Å². The highest BCUT2D eigenvalue weighted by Gasteiger charge is 2.41. The Morgan fingerprint density at radius 2 is 1.67 bits per heavy atom. The minimum Gasteiger partial charge on any atom is -0.340 e. The smallest absolute Gasteiger partial charge is 0.262 e. The second-order valence-corrected chi connectivity index (χ2v) is 8.11. The summed E-state index contributed by atoms with van der Waals surface area (Å²) in [5.74, 6) is -1.91. The summed E-state index contributed by atoms with van der Waals surface area (Å²) >= 11 is 6.55. The average molecular weight is 498 g/mol. The first kappa shape index (κ1) is 19.7. The first-order chi connectivity index (χ1) is 12.7. The van der Waals surface area contributed by atoms with Crippen LogP contribution in [0.2, 0.25) is 0 Å². The predicted octanol–water partition coefficient (Wildman–Crippen LogP) is 3.99. The molecule has 0 aliphatic carbocycles. The van der Waals surface area contributed by atoms with Crippen molar-refractivity contribution in [3.05, 3.63) is 67.9 Å². The molecule has 27 heavy (non-hydrogen) atoms. The summed E-state index contributed by atoms with van der Waals surface area (Å²) in [5.41, 5.74) is 0.858. The summed E-state index contributed by atoms with van der Waals surface area (Å²) < 4.78 is 15.3. The highest BCUT2D eigenvalue weighted by atomic mass is 79.9. The highest BCUT2D eigenvalue weighted by Crippen LogP contribution is 2.28. The lowest BCUT2D eigenvalue weighted by Gasteiger charge is -2.27. The van der Waals surface area contributed by atoms with Crippen molar-refractivity contribution < 1.29 is 18.8 Å². The number of carbonyl (C=O) groups excluding carboxylic acids is 3. The van der Waals surface area contributed by atoms with Crippen molar-refractivity contribution in [3.8, 4) is 0 Å². The number of fused-ring (bicyclic) bond motifs is 1. The predicted molar refractivity (Wildman–Crippen MR) is 105 cm³/mol. The number of halogens is 3. The first-order valence-electron chi connectivity index (χ1n) is 8.07. The summed E-state index contributed by atoms with van der Waals surface area (Å²) in [6, 6.07) is 8.25. The summed E-state index contributed by atoms with van der Waals surface area (Å²) in [5, 5.41) is 0. The number of carbonyl (C=O) groups is 3. The Morgan fingerprint density at radius 3 is 2.37 bits per heavy atom. The van der Waals surface area contributed by atoms with Crippen molar-refractivity contribution in [2.45, 2.75) is 19.5 Å². The molecular formula is C19H15Br2FN2O3. The molecular weight excluding hydrogens is 483 g/mol. The number of likely N-dealkylation sites (N-methyl/N-ethyl adjacent to an activating group) is 1. The summed E-state index contributed by atoms with van der Waals surface area (Å²) in [7, 11) is 1.51. The largest absolute Gasteiger partial charge is 0.340 e. The van der Waals surface area contributed by atoms with E-state index >= 15 is 0 Å². The molecule has 0 fully saturated rings. The van der Waals surface area contributed by atoms with Gasteiger partial charge in [0.15, 0.2) is 0 Å². The zero-order chi connectivity index (χ0) is 19.9. The molecule has 1 atom stereocenters. The number of nitrogens with zero attached hydrogens (tertiary/aromatic N) is 2. The van der Waals surface area contributed by atoms with Crippen LogP contribution in [0.4, 0.5) is 4.39 Å². The average Bonchev–Trinajstić information content (AvgIpc) is 2.87. The lowest BCUT2D eigenvalue weighted by molar-refractivity contribution is -0.134. The molecule has 2 aromatic rings. The van der Waals surface area contributed by atoms with Crippen molar-refractivity contribution >= 4 is 49.6 Å². The number of hydrogen-bond donors (Lipinski definition) is 0. The number of imide groups is 1. The van der Waals surface area contributed by atoms with E-state index in [0.717, 1.165) is 4.90 Å². The van der Waals surface area contributed by atoms with Crippen LogP contribution >= 0.6 is 31.9 Å². The molecule has 0 saturated heterocycles. The van der Waals surface area contributed by atoms with Crippen molar-refractivity contribution in [1.82, 2.24) is 9.80 Å². The Labute approximate surface area is 172 Å². The van der Waals surface area contributed by atoms with Gasteiger partial charge in [-0.15, -0.1) is 0 Å². The van der Waals surface area contributed by atoms with Gasteiger partial charge in [-0.2, -0.15) is 0 Å². The van der Waals surface area contributed by atoms with Crippen molar-refractivity contribution in [2.75, 3.05) is 7.05 Å². The second-order valence-electron chi connectivity index (χ2n) is 6.28. The minimum absolute atomic E-state index is 0.0170. The van der Waals surface area contributed by atoms with Gasteiger partial charge in [-0.3, -0.25) is 19.3 Å². The Hall–Kier alpha value is -2.06. The Balaban J connectivity index is 1.80. The Kier molecular flexibility index (Phi) is 5.48. The molecule has 0 bridgehead atoms. The summed E-state index contributed by atoms with van der Waals surface area (Å²) in [6.45, 7) is 1.51. The molecule has 0 N–H and O–H groups in total.